The van der Waals surface area contributed by atoms with Gasteiger partial charge in [-0.1, -0.05) is 0 Å². The molecule has 0 saturated carbocycles. The molecule has 1 aromatic heterocycles. The Morgan fingerprint density at radius 3 is 2.79 bits per heavy atom. The summed E-state index contributed by atoms with van der Waals surface area (Å²) in [6.45, 7) is 1.97. The Labute approximate surface area is 110 Å². The summed E-state index contributed by atoms with van der Waals surface area (Å²) in [5, 5.41) is 9.17. The van der Waals surface area contributed by atoms with E-state index < -0.39 is 5.97 Å². The van der Waals surface area contributed by atoms with Crippen molar-refractivity contribution in [2.75, 3.05) is 7.11 Å². The fraction of sp³-hybridized carbons (Fsp3) is 0.214. The van der Waals surface area contributed by atoms with E-state index >= 15 is 0 Å². The van der Waals surface area contributed by atoms with Crippen LogP contribution in [0.25, 0.3) is 0 Å². The first kappa shape index (κ1) is 13.1. The van der Waals surface area contributed by atoms with E-state index in [1.807, 2.05) is 0 Å². The maximum absolute atomic E-state index is 13.3. The molecule has 0 atom stereocenters. The van der Waals surface area contributed by atoms with E-state index in [9.17, 15) is 9.18 Å². The molecule has 0 aliphatic heterocycles. The highest BCUT2D eigenvalue weighted by atomic mass is 19.1. The van der Waals surface area contributed by atoms with Gasteiger partial charge < -0.3 is 14.4 Å². The van der Waals surface area contributed by atoms with E-state index in [0.717, 1.165) is 0 Å². The SMILES string of the molecule is COc1ccc(F)cc1Cn1ccc(C)c1C(=O)O. The third-order valence-electron chi connectivity index (χ3n) is 2.95. The molecule has 2 rings (SSSR count). The van der Waals surface area contributed by atoms with Crippen LogP contribution in [0, 0.1) is 12.7 Å². The third kappa shape index (κ3) is 2.59. The van der Waals surface area contributed by atoms with Crippen LogP contribution < -0.4 is 4.74 Å². The van der Waals surface area contributed by atoms with E-state index in [0.29, 0.717) is 16.9 Å². The number of hydrogen-bond donors (Lipinski definition) is 1. The Hall–Kier alpha value is -2.30. The zero-order chi connectivity index (χ0) is 14.0. The Balaban J connectivity index is 2.41. The number of methoxy groups -OCH3 is 1. The number of nitrogens with zero attached hydrogens (tertiary/aromatic N) is 1. The number of carbonyl (C=O) groups is 1. The minimum atomic E-state index is -1.00. The zero-order valence-electron chi connectivity index (χ0n) is 10.7. The van der Waals surface area contributed by atoms with Crippen LogP contribution in [0.2, 0.25) is 0 Å². The van der Waals surface area contributed by atoms with Gasteiger partial charge in [0.05, 0.1) is 13.7 Å². The predicted molar refractivity (Wildman–Crippen MR) is 68.2 cm³/mol. The van der Waals surface area contributed by atoms with Gasteiger partial charge in [-0.2, -0.15) is 0 Å². The summed E-state index contributed by atoms with van der Waals surface area (Å²) in [4.78, 5) is 11.2. The van der Waals surface area contributed by atoms with Crippen LogP contribution >= 0.6 is 0 Å². The molecular formula is C14H14FNO3. The quantitative estimate of drug-likeness (QED) is 0.922. The number of benzene rings is 1. The Bertz CT molecular complexity index is 619. The van der Waals surface area contributed by atoms with Crippen LogP contribution in [-0.2, 0) is 6.54 Å². The summed E-state index contributed by atoms with van der Waals surface area (Å²) in [6.07, 6.45) is 1.67. The number of hydrogen-bond acceptors (Lipinski definition) is 2. The molecule has 0 saturated heterocycles. The Morgan fingerprint density at radius 1 is 1.42 bits per heavy atom. The Morgan fingerprint density at radius 2 is 2.16 bits per heavy atom. The molecule has 4 nitrogen and oxygen atoms in total. The van der Waals surface area contributed by atoms with E-state index in [4.69, 9.17) is 9.84 Å². The molecule has 0 aliphatic carbocycles. The lowest BCUT2D eigenvalue weighted by Crippen LogP contribution is -2.10. The van der Waals surface area contributed by atoms with Crippen LogP contribution in [-0.4, -0.2) is 22.8 Å². The number of ether oxygens (including phenoxy) is 1. The summed E-state index contributed by atoms with van der Waals surface area (Å²) in [7, 11) is 1.50. The summed E-state index contributed by atoms with van der Waals surface area (Å²) in [6, 6.07) is 5.90. The average molecular weight is 263 g/mol. The van der Waals surface area contributed by atoms with E-state index in [1.165, 1.54) is 25.3 Å². The summed E-state index contributed by atoms with van der Waals surface area (Å²) >= 11 is 0. The second-order valence-corrected chi connectivity index (χ2v) is 4.24. The number of aryl methyl sites for hydroxylation is 1. The average Bonchev–Trinajstić information content (AvgIpc) is 2.71. The molecule has 1 aromatic carbocycles. The topological polar surface area (TPSA) is 51.5 Å². The number of carboxylic acid groups (broad SMARTS) is 1. The minimum absolute atomic E-state index is 0.200. The lowest BCUT2D eigenvalue weighted by atomic mass is 10.2. The number of aromatic carboxylic acids is 1. The van der Waals surface area contributed by atoms with Gasteiger partial charge in [-0.3, -0.25) is 0 Å². The third-order valence-corrected chi connectivity index (χ3v) is 2.95. The van der Waals surface area contributed by atoms with E-state index in [2.05, 4.69) is 0 Å². The Kier molecular flexibility index (Phi) is 3.55. The fourth-order valence-electron chi connectivity index (χ4n) is 2.06. The number of rotatable bonds is 4. The maximum atomic E-state index is 13.3. The van der Waals surface area contributed by atoms with Crippen molar-refractivity contribution in [2.45, 2.75) is 13.5 Å². The molecule has 0 amide bonds. The van der Waals surface area contributed by atoms with Gasteiger partial charge in [0.25, 0.3) is 0 Å². The first-order valence-corrected chi connectivity index (χ1v) is 5.74. The first-order valence-electron chi connectivity index (χ1n) is 5.74. The predicted octanol–water partition coefficient (Wildman–Crippen LogP) is 2.69. The lowest BCUT2D eigenvalue weighted by Gasteiger charge is -2.11. The normalized spacial score (nSPS) is 10.5. The van der Waals surface area contributed by atoms with Gasteiger partial charge in [0.2, 0.25) is 0 Å². The van der Waals surface area contributed by atoms with Crippen molar-refractivity contribution in [3.8, 4) is 5.75 Å². The molecule has 5 heteroatoms. The highest BCUT2D eigenvalue weighted by molar-refractivity contribution is 5.87. The van der Waals surface area contributed by atoms with Gasteiger partial charge in [0.1, 0.15) is 17.3 Å². The van der Waals surface area contributed by atoms with Gasteiger partial charge in [-0.05, 0) is 36.8 Å². The van der Waals surface area contributed by atoms with E-state index in [1.54, 1.807) is 23.8 Å². The second-order valence-electron chi connectivity index (χ2n) is 4.24. The van der Waals surface area contributed by atoms with Crippen LogP contribution in [0.5, 0.6) is 5.75 Å². The number of halogens is 1. The first-order chi connectivity index (χ1) is 9.02. The summed E-state index contributed by atoms with van der Waals surface area (Å²) in [5.41, 5.74) is 1.47. The molecule has 19 heavy (non-hydrogen) atoms. The van der Waals surface area contributed by atoms with Gasteiger partial charge in [0.15, 0.2) is 0 Å². The zero-order valence-corrected chi connectivity index (χ0v) is 10.7. The lowest BCUT2D eigenvalue weighted by molar-refractivity contribution is 0.0685. The molecule has 0 aliphatic rings. The molecule has 0 radical (unpaired) electrons. The highest BCUT2D eigenvalue weighted by Crippen LogP contribution is 2.22. The van der Waals surface area contributed by atoms with Crippen molar-refractivity contribution in [1.82, 2.24) is 4.57 Å². The molecule has 0 bridgehead atoms. The second kappa shape index (κ2) is 5.14. The molecule has 0 unspecified atom stereocenters. The van der Waals surface area contributed by atoms with Crippen molar-refractivity contribution in [3.63, 3.8) is 0 Å². The number of carboxylic acids is 1. The number of aromatic nitrogens is 1. The van der Waals surface area contributed by atoms with Gasteiger partial charge >= 0.3 is 5.97 Å². The molecule has 2 aromatic rings. The fourth-order valence-corrected chi connectivity index (χ4v) is 2.06. The summed E-state index contributed by atoms with van der Waals surface area (Å²) in [5.74, 6) is -0.849. The van der Waals surface area contributed by atoms with Crippen LogP contribution in [0.15, 0.2) is 30.5 Å². The minimum Gasteiger partial charge on any atom is -0.496 e. The maximum Gasteiger partial charge on any atom is 0.352 e. The monoisotopic (exact) mass is 263 g/mol. The largest absolute Gasteiger partial charge is 0.496 e. The smallest absolute Gasteiger partial charge is 0.352 e. The van der Waals surface area contributed by atoms with Crippen molar-refractivity contribution >= 4 is 5.97 Å². The molecule has 0 fully saturated rings. The van der Waals surface area contributed by atoms with Gasteiger partial charge in [-0.15, -0.1) is 0 Å². The molecule has 0 spiro atoms. The molecule has 1 N–H and O–H groups in total. The molecular weight excluding hydrogens is 249 g/mol. The van der Waals surface area contributed by atoms with Gasteiger partial charge in [-0.25, -0.2) is 9.18 Å². The highest BCUT2D eigenvalue weighted by Gasteiger charge is 2.15. The van der Waals surface area contributed by atoms with Crippen LogP contribution in [0.4, 0.5) is 4.39 Å². The van der Waals surface area contributed by atoms with Crippen LogP contribution in [0.1, 0.15) is 21.6 Å². The van der Waals surface area contributed by atoms with Crippen LogP contribution in [0.3, 0.4) is 0 Å². The van der Waals surface area contributed by atoms with Gasteiger partial charge in [0, 0.05) is 11.8 Å². The molecule has 1 heterocycles. The van der Waals surface area contributed by atoms with Crippen molar-refractivity contribution < 1.29 is 19.0 Å². The van der Waals surface area contributed by atoms with Crippen molar-refractivity contribution in [1.29, 1.82) is 0 Å². The summed E-state index contributed by atoms with van der Waals surface area (Å²) < 4.78 is 20.0. The van der Waals surface area contributed by atoms with E-state index in [-0.39, 0.29) is 18.1 Å². The van der Waals surface area contributed by atoms with Crippen molar-refractivity contribution in [3.05, 3.63) is 53.1 Å². The van der Waals surface area contributed by atoms with Crippen molar-refractivity contribution in [2.24, 2.45) is 0 Å². The molecule has 100 valence electrons. The standard InChI is InChI=1S/C14H14FNO3/c1-9-5-6-16(13(9)14(17)18)8-10-7-11(15)3-4-12(10)19-2/h3-7H,8H2,1-2H3,(H,17,18).